The third-order valence-corrected chi connectivity index (χ3v) is 4.55. The molecular formula is C14H19ClN2OS. The summed E-state index contributed by atoms with van der Waals surface area (Å²) in [7, 11) is 0. The van der Waals surface area contributed by atoms with Crippen LogP contribution in [0, 0.1) is 0 Å². The van der Waals surface area contributed by atoms with E-state index in [0.29, 0.717) is 0 Å². The molecule has 1 amide bonds. The van der Waals surface area contributed by atoms with Gasteiger partial charge in [0.1, 0.15) is 0 Å². The maximum absolute atomic E-state index is 12.2. The van der Waals surface area contributed by atoms with Gasteiger partial charge in [-0.15, -0.1) is 0 Å². The number of carbonyl (C=O) groups is 1. The van der Waals surface area contributed by atoms with Gasteiger partial charge in [0.2, 0.25) is 5.91 Å². The molecule has 3 nitrogen and oxygen atoms in total. The molecule has 1 aromatic carbocycles. The van der Waals surface area contributed by atoms with E-state index in [-0.39, 0.29) is 18.0 Å². The molecule has 19 heavy (non-hydrogen) atoms. The molecule has 0 aromatic heterocycles. The highest BCUT2D eigenvalue weighted by molar-refractivity contribution is 7.99. The van der Waals surface area contributed by atoms with Crippen molar-refractivity contribution in [2.75, 3.05) is 18.1 Å². The minimum absolute atomic E-state index is 0.0542. The first-order valence-corrected chi connectivity index (χ1v) is 8.11. The lowest BCUT2D eigenvalue weighted by molar-refractivity contribution is -0.123. The van der Waals surface area contributed by atoms with Crippen molar-refractivity contribution in [3.05, 3.63) is 34.9 Å². The van der Waals surface area contributed by atoms with Gasteiger partial charge in [0.05, 0.1) is 12.1 Å². The highest BCUT2D eigenvalue weighted by atomic mass is 35.5. The second-order valence-corrected chi connectivity index (χ2v) is 6.19. The van der Waals surface area contributed by atoms with E-state index < -0.39 is 0 Å². The van der Waals surface area contributed by atoms with Crippen LogP contribution in [0.4, 0.5) is 0 Å². The van der Waals surface area contributed by atoms with Crippen LogP contribution in [0.5, 0.6) is 0 Å². The second-order valence-electron chi connectivity index (χ2n) is 4.60. The monoisotopic (exact) mass is 298 g/mol. The van der Waals surface area contributed by atoms with Crippen molar-refractivity contribution in [1.29, 1.82) is 0 Å². The summed E-state index contributed by atoms with van der Waals surface area (Å²) in [5.41, 5.74) is 1.10. The molecule has 2 unspecified atom stereocenters. The Morgan fingerprint density at radius 3 is 2.84 bits per heavy atom. The van der Waals surface area contributed by atoms with Gasteiger partial charge in [-0.05, 0) is 24.1 Å². The highest BCUT2D eigenvalue weighted by Gasteiger charge is 2.23. The lowest BCUT2D eigenvalue weighted by Gasteiger charge is -2.25. The van der Waals surface area contributed by atoms with E-state index >= 15 is 0 Å². The van der Waals surface area contributed by atoms with Gasteiger partial charge in [0.25, 0.3) is 0 Å². The lowest BCUT2D eigenvalue weighted by Crippen LogP contribution is -2.49. The molecule has 0 radical (unpaired) electrons. The van der Waals surface area contributed by atoms with E-state index in [2.05, 4.69) is 17.6 Å². The van der Waals surface area contributed by atoms with Gasteiger partial charge in [0, 0.05) is 23.1 Å². The summed E-state index contributed by atoms with van der Waals surface area (Å²) in [6.45, 7) is 2.98. The van der Waals surface area contributed by atoms with Crippen molar-refractivity contribution in [2.24, 2.45) is 0 Å². The fraction of sp³-hybridized carbons (Fsp3) is 0.500. The van der Waals surface area contributed by atoms with E-state index in [9.17, 15) is 4.79 Å². The molecule has 0 bridgehead atoms. The molecule has 0 spiro atoms. The van der Waals surface area contributed by atoms with Gasteiger partial charge in [-0.1, -0.05) is 30.7 Å². The summed E-state index contributed by atoms with van der Waals surface area (Å²) in [6, 6.07) is 7.65. The largest absolute Gasteiger partial charge is 0.348 e. The topological polar surface area (TPSA) is 41.1 Å². The van der Waals surface area contributed by atoms with Gasteiger partial charge in [-0.2, -0.15) is 11.8 Å². The van der Waals surface area contributed by atoms with Gasteiger partial charge < -0.3 is 10.6 Å². The van der Waals surface area contributed by atoms with Crippen molar-refractivity contribution < 1.29 is 4.79 Å². The Labute approximate surface area is 123 Å². The summed E-state index contributed by atoms with van der Waals surface area (Å²) in [5, 5.41) is 7.09. The number of amides is 1. The Kier molecular flexibility index (Phi) is 5.55. The fourth-order valence-corrected chi connectivity index (χ4v) is 3.18. The Hall–Kier alpha value is -0.710. The number of hydrogen-bond acceptors (Lipinski definition) is 3. The van der Waals surface area contributed by atoms with Crippen LogP contribution in [0.3, 0.4) is 0 Å². The summed E-state index contributed by atoms with van der Waals surface area (Å²) >= 11 is 7.71. The number of rotatable bonds is 4. The number of hydrogen-bond donors (Lipinski definition) is 2. The Morgan fingerprint density at radius 2 is 2.26 bits per heavy atom. The van der Waals surface area contributed by atoms with Crippen molar-refractivity contribution in [3.63, 3.8) is 0 Å². The van der Waals surface area contributed by atoms with Crippen LogP contribution in [-0.4, -0.2) is 30.0 Å². The van der Waals surface area contributed by atoms with E-state index in [0.717, 1.165) is 35.1 Å². The molecular weight excluding hydrogens is 280 g/mol. The smallest absolute Gasteiger partial charge is 0.238 e. The average molecular weight is 299 g/mol. The molecule has 0 aliphatic carbocycles. The average Bonchev–Trinajstić information content (AvgIpc) is 2.46. The van der Waals surface area contributed by atoms with Gasteiger partial charge in [-0.3, -0.25) is 4.79 Å². The lowest BCUT2D eigenvalue weighted by atomic mass is 10.0. The molecule has 1 aliphatic rings. The van der Waals surface area contributed by atoms with Crippen molar-refractivity contribution in [1.82, 2.24) is 10.6 Å². The quantitative estimate of drug-likeness (QED) is 0.898. The number of thioether (sulfide) groups is 1. The first-order valence-electron chi connectivity index (χ1n) is 6.57. The Balaban J connectivity index is 1.98. The van der Waals surface area contributed by atoms with Crippen LogP contribution < -0.4 is 10.6 Å². The highest BCUT2D eigenvalue weighted by Crippen LogP contribution is 2.19. The fourth-order valence-electron chi connectivity index (χ4n) is 2.12. The number of benzene rings is 1. The maximum atomic E-state index is 12.2. The zero-order valence-electron chi connectivity index (χ0n) is 11.0. The zero-order chi connectivity index (χ0) is 13.7. The molecule has 1 saturated heterocycles. The van der Waals surface area contributed by atoms with Crippen LogP contribution in [0.15, 0.2) is 24.3 Å². The summed E-state index contributed by atoms with van der Waals surface area (Å²) in [4.78, 5) is 12.2. The van der Waals surface area contributed by atoms with Crippen LogP contribution in [0.25, 0.3) is 0 Å². The molecule has 0 saturated carbocycles. The molecule has 5 heteroatoms. The second kappa shape index (κ2) is 7.17. The Bertz CT molecular complexity index is 418. The van der Waals surface area contributed by atoms with E-state index in [1.54, 1.807) is 0 Å². The van der Waals surface area contributed by atoms with Crippen LogP contribution in [0.1, 0.15) is 24.9 Å². The minimum atomic E-state index is -0.0694. The van der Waals surface area contributed by atoms with Gasteiger partial charge in [0.15, 0.2) is 0 Å². The van der Waals surface area contributed by atoms with Crippen LogP contribution >= 0.6 is 23.4 Å². The van der Waals surface area contributed by atoms with Crippen molar-refractivity contribution in [3.8, 4) is 0 Å². The molecule has 1 heterocycles. The maximum Gasteiger partial charge on any atom is 0.238 e. The molecule has 2 atom stereocenters. The van der Waals surface area contributed by atoms with Gasteiger partial charge >= 0.3 is 0 Å². The third-order valence-electron chi connectivity index (χ3n) is 3.24. The summed E-state index contributed by atoms with van der Waals surface area (Å²) in [6.07, 6.45) is 0.868. The van der Waals surface area contributed by atoms with E-state index in [4.69, 9.17) is 11.6 Å². The minimum Gasteiger partial charge on any atom is -0.348 e. The number of carbonyl (C=O) groups excluding carboxylic acids is 1. The van der Waals surface area contributed by atoms with Crippen LogP contribution in [-0.2, 0) is 4.79 Å². The summed E-state index contributed by atoms with van der Waals surface area (Å²) in [5.74, 6) is 2.02. The normalized spacial score (nSPS) is 20.8. The molecule has 1 fully saturated rings. The van der Waals surface area contributed by atoms with E-state index in [1.807, 2.05) is 36.0 Å². The molecule has 1 aliphatic heterocycles. The summed E-state index contributed by atoms with van der Waals surface area (Å²) < 4.78 is 0. The zero-order valence-corrected chi connectivity index (χ0v) is 12.6. The standard InChI is InChI=1S/C14H19ClN2OS/c1-2-12(10-3-5-11(15)6-4-10)17-14(18)13-9-19-8-7-16-13/h3-6,12-13,16H,2,7-9H2,1H3,(H,17,18). The first kappa shape index (κ1) is 14.7. The van der Waals surface area contributed by atoms with Crippen molar-refractivity contribution in [2.45, 2.75) is 25.4 Å². The predicted molar refractivity (Wildman–Crippen MR) is 81.7 cm³/mol. The Morgan fingerprint density at radius 1 is 1.53 bits per heavy atom. The van der Waals surface area contributed by atoms with Crippen molar-refractivity contribution >= 4 is 29.3 Å². The predicted octanol–water partition coefficient (Wildman–Crippen LogP) is 2.61. The number of nitrogens with one attached hydrogen (secondary N) is 2. The van der Waals surface area contributed by atoms with E-state index in [1.165, 1.54) is 0 Å². The van der Waals surface area contributed by atoms with Gasteiger partial charge in [-0.25, -0.2) is 0 Å². The molecule has 2 N–H and O–H groups in total. The molecule has 104 valence electrons. The molecule has 2 rings (SSSR count). The first-order chi connectivity index (χ1) is 9.20. The SMILES string of the molecule is CCC(NC(=O)C1CSCCN1)c1ccc(Cl)cc1. The van der Waals surface area contributed by atoms with Crippen LogP contribution in [0.2, 0.25) is 5.02 Å². The molecule has 1 aromatic rings. The number of halogens is 1. The third kappa shape index (κ3) is 4.13.